The fraction of sp³-hybridized carbons (Fsp3) is 0.588. The zero-order valence-corrected chi connectivity index (χ0v) is 29.9. The lowest BCUT2D eigenvalue weighted by Gasteiger charge is -2.16. The summed E-state index contributed by atoms with van der Waals surface area (Å²) in [6.45, 7) is 3.89. The molecule has 1 aromatic heterocycles. The Hall–Kier alpha value is -4.25. The van der Waals surface area contributed by atoms with Crippen LogP contribution in [0.25, 0.3) is 0 Å². The number of ether oxygens (including phenoxy) is 4. The van der Waals surface area contributed by atoms with Gasteiger partial charge < -0.3 is 51.5 Å². The van der Waals surface area contributed by atoms with Gasteiger partial charge in [0.15, 0.2) is 5.78 Å². The number of ketones is 1. The van der Waals surface area contributed by atoms with Crippen LogP contribution < -0.4 is 27.4 Å². The van der Waals surface area contributed by atoms with Gasteiger partial charge in [-0.1, -0.05) is 23.5 Å². The van der Waals surface area contributed by atoms with Crippen LogP contribution in [0, 0.1) is 11.8 Å². The lowest BCUT2D eigenvalue weighted by atomic mass is 10.0. The van der Waals surface area contributed by atoms with E-state index in [1.807, 2.05) is 11.8 Å². The highest BCUT2D eigenvalue weighted by atomic mass is 32.2. The van der Waals surface area contributed by atoms with Crippen molar-refractivity contribution in [1.29, 1.82) is 0 Å². The van der Waals surface area contributed by atoms with Crippen LogP contribution in [0.3, 0.4) is 0 Å². The number of carbonyl (C=O) groups is 4. The molecule has 0 saturated carbocycles. The van der Waals surface area contributed by atoms with E-state index < -0.39 is 17.8 Å². The SMILES string of the molecule is Nc1cc(C#CCOCc2cn(CCOCCOCCOCCNC(=O)CCCC[C@@H]3SC[C@@H]4NC(=O)N[C@@H]43)nn2)ccc1C(=O)C[C@H](N)C(=O)O. The fourth-order valence-corrected chi connectivity index (χ4v) is 7.02. The average Bonchev–Trinajstić information content (AvgIpc) is 3.83. The molecule has 1 aromatic carbocycles. The van der Waals surface area contributed by atoms with Crippen LogP contribution in [-0.4, -0.2) is 126 Å². The number of anilines is 1. The zero-order valence-electron chi connectivity index (χ0n) is 29.1. The molecule has 0 aliphatic carbocycles. The van der Waals surface area contributed by atoms with Gasteiger partial charge in [0.2, 0.25) is 5.91 Å². The molecule has 2 fully saturated rings. The van der Waals surface area contributed by atoms with Gasteiger partial charge in [-0.05, 0) is 31.0 Å². The maximum absolute atomic E-state index is 12.2. The monoisotopic (exact) mass is 744 g/mol. The van der Waals surface area contributed by atoms with Gasteiger partial charge in [0.25, 0.3) is 0 Å². The third kappa shape index (κ3) is 14.1. The number of benzene rings is 1. The Labute approximate surface area is 306 Å². The molecular formula is C34H48N8O9S. The van der Waals surface area contributed by atoms with E-state index in [0.717, 1.165) is 25.0 Å². The van der Waals surface area contributed by atoms with Crippen molar-refractivity contribution < 1.29 is 43.2 Å². The summed E-state index contributed by atoms with van der Waals surface area (Å²) in [4.78, 5) is 46.7. The number of Topliss-reactive ketones (excluding diaryl/α,β-unsaturated/α-hetero) is 1. The second-order valence-electron chi connectivity index (χ2n) is 12.2. The van der Waals surface area contributed by atoms with Gasteiger partial charge in [-0.15, -0.1) is 5.10 Å². The number of nitrogen functional groups attached to an aromatic ring is 1. The number of nitrogens with one attached hydrogen (secondary N) is 3. The number of carboxylic acid groups (broad SMARTS) is 1. The summed E-state index contributed by atoms with van der Waals surface area (Å²) < 4.78 is 23.8. The number of fused-ring (bicyclic) bond motifs is 1. The Bertz CT molecular complexity index is 1550. The molecule has 0 bridgehead atoms. The van der Waals surface area contributed by atoms with E-state index >= 15 is 0 Å². The van der Waals surface area contributed by atoms with E-state index in [2.05, 4.69) is 38.1 Å². The molecular weight excluding hydrogens is 696 g/mol. The molecule has 0 spiro atoms. The van der Waals surface area contributed by atoms with Gasteiger partial charge in [0.1, 0.15) is 18.3 Å². The third-order valence-electron chi connectivity index (χ3n) is 8.18. The van der Waals surface area contributed by atoms with E-state index in [1.165, 1.54) is 6.07 Å². The standard InChI is InChI=1S/C34H48N8O9S/c35-26-18-23(7-8-25(26)29(43)19-27(36)33(45)46)4-3-11-51-21-24-20-42(41-40-24)10-13-49-15-17-50-16-14-48-12-9-37-31(44)6-2-1-5-30-32-28(22-52-30)38-34(47)39-32/h7-8,18,20,27-28,30,32H,1-2,5-6,9-17,19,21-22,35-36H2,(H,37,44)(H,45,46)(H2,38,39,47)/t27-,28-,30-,32-/m0/s1. The molecule has 284 valence electrons. The molecule has 8 N–H and O–H groups in total. The van der Waals surface area contributed by atoms with Crippen molar-refractivity contribution in [3.05, 3.63) is 41.2 Å². The number of unbranched alkanes of at least 4 members (excludes halogenated alkanes) is 1. The van der Waals surface area contributed by atoms with Gasteiger partial charge in [-0.3, -0.25) is 14.4 Å². The predicted molar refractivity (Wildman–Crippen MR) is 191 cm³/mol. The summed E-state index contributed by atoms with van der Waals surface area (Å²) in [7, 11) is 0. The topological polar surface area (TPSA) is 244 Å². The first-order chi connectivity index (χ1) is 25.2. The van der Waals surface area contributed by atoms with Crippen molar-refractivity contribution in [3.63, 3.8) is 0 Å². The van der Waals surface area contributed by atoms with Gasteiger partial charge >= 0.3 is 12.0 Å². The minimum absolute atomic E-state index is 0.0231. The van der Waals surface area contributed by atoms with Gasteiger partial charge in [-0.2, -0.15) is 11.8 Å². The second kappa shape index (κ2) is 22.0. The maximum atomic E-state index is 12.2. The van der Waals surface area contributed by atoms with Crippen molar-refractivity contribution in [2.24, 2.45) is 5.73 Å². The molecule has 0 radical (unpaired) electrons. The van der Waals surface area contributed by atoms with Gasteiger partial charge in [0.05, 0.1) is 71.1 Å². The van der Waals surface area contributed by atoms with Crippen LogP contribution in [0.4, 0.5) is 10.5 Å². The number of carboxylic acids is 1. The number of rotatable bonds is 24. The molecule has 52 heavy (non-hydrogen) atoms. The van der Waals surface area contributed by atoms with E-state index in [-0.39, 0.29) is 54.9 Å². The molecule has 4 atom stereocenters. The molecule has 2 aliphatic heterocycles. The number of hydrogen-bond donors (Lipinski definition) is 6. The first kappa shape index (κ1) is 40.5. The summed E-state index contributed by atoms with van der Waals surface area (Å²) in [5.41, 5.74) is 13.0. The molecule has 4 rings (SSSR count). The highest BCUT2D eigenvalue weighted by Crippen LogP contribution is 2.33. The number of carbonyl (C=O) groups excluding carboxylic acids is 3. The minimum Gasteiger partial charge on any atom is -0.480 e. The molecule has 3 amide bonds. The Morgan fingerprint density at radius 1 is 1.08 bits per heavy atom. The molecule has 0 unspecified atom stereocenters. The molecule has 2 aromatic rings. The summed E-state index contributed by atoms with van der Waals surface area (Å²) in [6.07, 6.45) is 4.68. The van der Waals surface area contributed by atoms with Crippen molar-refractivity contribution in [2.75, 3.05) is 64.3 Å². The van der Waals surface area contributed by atoms with Crippen LogP contribution in [0.5, 0.6) is 0 Å². The predicted octanol–water partition coefficient (Wildman–Crippen LogP) is 0.305. The number of nitrogens with two attached hydrogens (primary N) is 2. The van der Waals surface area contributed by atoms with E-state index in [1.54, 1.807) is 23.0 Å². The lowest BCUT2D eigenvalue weighted by Crippen LogP contribution is -2.36. The Kier molecular flexibility index (Phi) is 17.1. The first-order valence-corrected chi connectivity index (χ1v) is 18.3. The van der Waals surface area contributed by atoms with Crippen molar-refractivity contribution >= 4 is 41.1 Å². The number of aliphatic carboxylic acids is 1. The Morgan fingerprint density at radius 3 is 2.62 bits per heavy atom. The summed E-state index contributed by atoms with van der Waals surface area (Å²) in [5, 5.41) is 26.3. The maximum Gasteiger partial charge on any atom is 0.320 e. The van der Waals surface area contributed by atoms with Crippen molar-refractivity contribution in [3.8, 4) is 11.8 Å². The van der Waals surface area contributed by atoms with Crippen LogP contribution in [-0.2, 0) is 41.7 Å². The average molecular weight is 745 g/mol. The quantitative estimate of drug-likeness (QED) is 0.0279. The van der Waals surface area contributed by atoms with Gasteiger partial charge in [-0.25, -0.2) is 9.48 Å². The lowest BCUT2D eigenvalue weighted by molar-refractivity contribution is -0.138. The highest BCUT2D eigenvalue weighted by Gasteiger charge is 2.42. The van der Waals surface area contributed by atoms with Crippen LogP contribution in [0.15, 0.2) is 24.4 Å². The van der Waals surface area contributed by atoms with E-state index in [9.17, 15) is 19.2 Å². The minimum atomic E-state index is -1.29. The van der Waals surface area contributed by atoms with Crippen LogP contribution >= 0.6 is 11.8 Å². The highest BCUT2D eigenvalue weighted by molar-refractivity contribution is 8.00. The Balaban J connectivity index is 0.927. The zero-order chi connectivity index (χ0) is 37.1. The van der Waals surface area contributed by atoms with Crippen LogP contribution in [0.2, 0.25) is 0 Å². The summed E-state index contributed by atoms with van der Waals surface area (Å²) >= 11 is 1.89. The third-order valence-corrected chi connectivity index (χ3v) is 9.68. The normalized spacial score (nSPS) is 18.2. The van der Waals surface area contributed by atoms with Crippen molar-refractivity contribution in [2.45, 2.75) is 68.6 Å². The molecule has 17 nitrogen and oxygen atoms in total. The first-order valence-electron chi connectivity index (χ1n) is 17.2. The molecule has 2 saturated heterocycles. The summed E-state index contributed by atoms with van der Waals surface area (Å²) in [6, 6.07) is 3.74. The number of thioether (sulfide) groups is 1. The summed E-state index contributed by atoms with van der Waals surface area (Å²) in [5.74, 6) is 5.04. The molecule has 2 aliphatic rings. The fourth-order valence-electron chi connectivity index (χ4n) is 5.48. The molecule has 3 heterocycles. The number of amides is 3. The number of aromatic nitrogens is 3. The van der Waals surface area contributed by atoms with Crippen LogP contribution in [0.1, 0.15) is 53.7 Å². The number of hydrogen-bond acceptors (Lipinski definition) is 13. The second-order valence-corrected chi connectivity index (χ2v) is 13.5. The largest absolute Gasteiger partial charge is 0.480 e. The Morgan fingerprint density at radius 2 is 1.85 bits per heavy atom. The van der Waals surface area contributed by atoms with E-state index in [4.69, 9.17) is 35.5 Å². The van der Waals surface area contributed by atoms with E-state index in [0.29, 0.717) is 75.7 Å². The van der Waals surface area contributed by atoms with Gasteiger partial charge in [0, 0.05) is 47.2 Å². The smallest absolute Gasteiger partial charge is 0.320 e. The van der Waals surface area contributed by atoms with Crippen molar-refractivity contribution in [1.82, 2.24) is 30.9 Å². The number of urea groups is 1. The molecule has 18 heteroatoms. The number of nitrogens with zero attached hydrogens (tertiary/aromatic N) is 3.